The Balaban J connectivity index is 0.735. The third-order valence-corrected chi connectivity index (χ3v) is 15.1. The number of likely N-dealkylation sites (tertiary alicyclic amines) is 1. The number of fused-ring (bicyclic) bond motifs is 3. The number of carboxylic acids is 1. The Labute approximate surface area is 426 Å². The van der Waals surface area contributed by atoms with Crippen LogP contribution in [0.5, 0.6) is 5.75 Å². The lowest BCUT2D eigenvalue weighted by Crippen LogP contribution is -2.39. The molecule has 16 nitrogen and oxygen atoms in total. The summed E-state index contributed by atoms with van der Waals surface area (Å²) in [5, 5.41) is 24.4. The fourth-order valence-corrected chi connectivity index (χ4v) is 11.3. The molecule has 4 aromatic carbocycles. The van der Waals surface area contributed by atoms with Crippen LogP contribution in [0.4, 0.5) is 29.8 Å². The predicted octanol–water partition coefficient (Wildman–Crippen LogP) is 9.05. The van der Waals surface area contributed by atoms with Crippen LogP contribution >= 0.6 is 11.3 Å². The van der Waals surface area contributed by atoms with E-state index in [9.17, 15) is 42.3 Å². The molecule has 2 saturated heterocycles. The number of anilines is 3. The summed E-state index contributed by atoms with van der Waals surface area (Å²) in [4.78, 5) is 76.5. The summed E-state index contributed by atoms with van der Waals surface area (Å²) in [7, 11) is 1.77. The molecular formula is C54H52F3N9O7S. The Bertz CT molecular complexity index is 3320. The second-order valence-electron chi connectivity index (χ2n) is 19.3. The number of nitrogens with zero attached hydrogens (tertiary/aromatic N) is 6. The van der Waals surface area contributed by atoms with E-state index in [0.29, 0.717) is 60.5 Å². The van der Waals surface area contributed by atoms with E-state index in [1.807, 2.05) is 60.4 Å². The maximum atomic E-state index is 14.8. The number of benzene rings is 4. The number of amides is 4. The van der Waals surface area contributed by atoms with Crippen molar-refractivity contribution in [3.05, 3.63) is 125 Å². The Morgan fingerprint density at radius 2 is 1.70 bits per heavy atom. The summed E-state index contributed by atoms with van der Waals surface area (Å²) in [6.45, 7) is 4.39. The van der Waals surface area contributed by atoms with Gasteiger partial charge in [-0.25, -0.2) is 14.8 Å². The lowest BCUT2D eigenvalue weighted by molar-refractivity contribution is -0.137. The van der Waals surface area contributed by atoms with Crippen molar-refractivity contribution in [2.45, 2.75) is 64.1 Å². The van der Waals surface area contributed by atoms with Gasteiger partial charge >= 0.3 is 12.1 Å². The third kappa shape index (κ3) is 10.7. The van der Waals surface area contributed by atoms with Gasteiger partial charge in [0.25, 0.3) is 5.91 Å². The molecule has 10 rings (SSSR count). The van der Waals surface area contributed by atoms with E-state index in [2.05, 4.69) is 35.9 Å². The van der Waals surface area contributed by atoms with Crippen molar-refractivity contribution in [3.8, 4) is 16.9 Å². The lowest BCUT2D eigenvalue weighted by Gasteiger charge is -2.32. The van der Waals surface area contributed by atoms with Crippen molar-refractivity contribution in [1.29, 1.82) is 0 Å². The van der Waals surface area contributed by atoms with Crippen molar-refractivity contribution >= 4 is 78.7 Å². The number of halogens is 3. The molecule has 6 heterocycles. The minimum absolute atomic E-state index is 0.00224. The molecule has 20 heteroatoms. The number of aromatic carboxylic acids is 1. The van der Waals surface area contributed by atoms with Gasteiger partial charge in [0.05, 0.1) is 46.1 Å². The lowest BCUT2D eigenvalue weighted by atomic mass is 9.88. The van der Waals surface area contributed by atoms with Gasteiger partial charge in [-0.15, -0.1) is 0 Å². The number of nitrogens with one attached hydrogen (secondary N) is 3. The summed E-state index contributed by atoms with van der Waals surface area (Å²) >= 11 is 1.36. The van der Waals surface area contributed by atoms with Crippen LogP contribution in [0.2, 0.25) is 0 Å². The van der Waals surface area contributed by atoms with Crippen molar-refractivity contribution in [2.24, 2.45) is 18.9 Å². The first kappa shape index (κ1) is 49.9. The minimum atomic E-state index is -4.85. The smallest absolute Gasteiger partial charge is 0.417 e. The van der Waals surface area contributed by atoms with E-state index in [4.69, 9.17) is 4.74 Å². The number of aromatic nitrogens is 4. The summed E-state index contributed by atoms with van der Waals surface area (Å²) in [6, 6.07) is 24.8. The average Bonchev–Trinajstić information content (AvgIpc) is 3.94. The second kappa shape index (κ2) is 20.7. The predicted molar refractivity (Wildman–Crippen MR) is 273 cm³/mol. The van der Waals surface area contributed by atoms with Crippen molar-refractivity contribution < 1.29 is 47.0 Å². The molecule has 382 valence electrons. The van der Waals surface area contributed by atoms with Crippen LogP contribution in [-0.4, -0.2) is 92.1 Å². The highest BCUT2D eigenvalue weighted by atomic mass is 32.1. The van der Waals surface area contributed by atoms with Crippen LogP contribution in [0.3, 0.4) is 0 Å². The monoisotopic (exact) mass is 1030 g/mol. The number of hydrogen-bond donors (Lipinski definition) is 4. The molecule has 4 N–H and O–H groups in total. The molecular weight excluding hydrogens is 976 g/mol. The van der Waals surface area contributed by atoms with Crippen molar-refractivity contribution in [2.75, 3.05) is 48.3 Å². The zero-order chi connectivity index (χ0) is 51.8. The SMILES string of the molecule is C[C@H](COc1ccc(-c2ccc(N3CCc4cccc(C(=O)Nc5nc6ccccc6s5)c4C3)nc2C(=O)O)c(C(F)(F)F)c1)CC1CCN(CC(=O)Nc2ccc3c([C@H]4CCC(=O)NC4=O)nn(C)c3c2)CC1. The zero-order valence-electron chi connectivity index (χ0n) is 40.5. The minimum Gasteiger partial charge on any atom is -0.493 e. The van der Waals surface area contributed by atoms with Crippen LogP contribution in [0.15, 0.2) is 91.0 Å². The van der Waals surface area contributed by atoms with Gasteiger partial charge in [0.2, 0.25) is 17.7 Å². The molecule has 74 heavy (non-hydrogen) atoms. The van der Waals surface area contributed by atoms with Crippen LogP contribution in [0.1, 0.15) is 88.2 Å². The van der Waals surface area contributed by atoms with E-state index < -0.39 is 29.3 Å². The quantitative estimate of drug-likeness (QED) is 0.0755. The maximum Gasteiger partial charge on any atom is 0.417 e. The molecule has 3 aliphatic rings. The van der Waals surface area contributed by atoms with Gasteiger partial charge in [-0.1, -0.05) is 48.6 Å². The first-order chi connectivity index (χ1) is 35.5. The number of thiazole rings is 1. The fraction of sp³-hybridized carbons (Fsp3) is 0.333. The number of imide groups is 1. The topological polar surface area (TPSA) is 201 Å². The standard InChI is InChI=1S/C54H52F3N9O7S/c1-30(24-31-18-21-65(22-19-31)28-47(68)58-33-10-12-38-43(25-33)64(2)63-48(38)39-15-17-46(67)61-51(39)70)29-73-34-11-13-35(41(26-34)54(55,56)57)36-14-16-45(60-49(36)52(71)72)66-23-20-32-6-5-7-37(40(32)27-66)50(69)62-53-59-42-8-3-4-9-44(42)74-53/h3-14,16,25-26,30-31,39H,15,17-24,27-29H2,1-2H3,(H,58,68)(H,71,72)(H,59,62,69)(H,61,67,70)/t30-,39+/m0/s1. The number of ether oxygens (including phenoxy) is 1. The third-order valence-electron chi connectivity index (χ3n) is 14.1. The molecule has 0 aliphatic carbocycles. The average molecular weight is 1030 g/mol. The Morgan fingerprint density at radius 3 is 2.47 bits per heavy atom. The highest BCUT2D eigenvalue weighted by molar-refractivity contribution is 7.22. The summed E-state index contributed by atoms with van der Waals surface area (Å²) < 4.78 is 53.0. The number of piperidine rings is 2. The first-order valence-corrected chi connectivity index (χ1v) is 25.3. The Hall–Kier alpha value is -7.71. The van der Waals surface area contributed by atoms with Gasteiger partial charge in [0.15, 0.2) is 10.8 Å². The molecule has 0 bridgehead atoms. The van der Waals surface area contributed by atoms with Crippen LogP contribution in [0.25, 0.3) is 32.2 Å². The Kier molecular flexibility index (Phi) is 13.9. The maximum absolute atomic E-state index is 14.8. The second-order valence-corrected chi connectivity index (χ2v) is 20.3. The fourth-order valence-electron chi connectivity index (χ4n) is 10.4. The van der Waals surface area contributed by atoms with E-state index in [-0.39, 0.29) is 78.4 Å². The first-order valence-electron chi connectivity index (χ1n) is 24.5. The highest BCUT2D eigenvalue weighted by Crippen LogP contribution is 2.41. The Morgan fingerprint density at radius 1 is 0.905 bits per heavy atom. The molecule has 3 aromatic heterocycles. The number of carbonyl (C=O) groups excluding carboxylic acids is 4. The van der Waals surface area contributed by atoms with E-state index in [0.717, 1.165) is 57.6 Å². The summed E-state index contributed by atoms with van der Waals surface area (Å²) in [5.41, 5.74) is 2.68. The molecule has 3 aliphatic heterocycles. The van der Waals surface area contributed by atoms with E-state index >= 15 is 0 Å². The number of hydrogen-bond acceptors (Lipinski definition) is 12. The van der Waals surface area contributed by atoms with Gasteiger partial charge in [-0.3, -0.25) is 39.4 Å². The van der Waals surface area contributed by atoms with E-state index in [1.54, 1.807) is 23.9 Å². The number of rotatable bonds is 14. The van der Waals surface area contributed by atoms with Crippen LogP contribution < -0.4 is 25.6 Å². The molecule has 2 atom stereocenters. The molecule has 0 unspecified atom stereocenters. The van der Waals surface area contributed by atoms with Gasteiger partial charge in [-0.2, -0.15) is 18.3 Å². The van der Waals surface area contributed by atoms with Crippen LogP contribution in [0, 0.1) is 11.8 Å². The summed E-state index contributed by atoms with van der Waals surface area (Å²) in [5.74, 6) is -2.62. The zero-order valence-corrected chi connectivity index (χ0v) is 41.3. The molecule has 7 aromatic rings. The number of pyridine rings is 1. The molecule has 0 saturated carbocycles. The summed E-state index contributed by atoms with van der Waals surface area (Å²) in [6.07, 6.45) is -1.26. The van der Waals surface area contributed by atoms with Gasteiger partial charge in [0, 0.05) is 48.8 Å². The highest BCUT2D eigenvalue weighted by Gasteiger charge is 2.37. The van der Waals surface area contributed by atoms with Crippen LogP contribution in [-0.2, 0) is 40.6 Å². The van der Waals surface area contributed by atoms with Crippen molar-refractivity contribution in [3.63, 3.8) is 0 Å². The number of aryl methyl sites for hydroxylation is 1. The molecule has 4 amide bonds. The molecule has 0 radical (unpaired) electrons. The number of carbonyl (C=O) groups is 5. The normalized spacial score (nSPS) is 17.0. The number of carboxylic acid groups (broad SMARTS) is 1. The van der Waals surface area contributed by atoms with E-state index in [1.165, 1.54) is 35.6 Å². The van der Waals surface area contributed by atoms with Gasteiger partial charge < -0.3 is 20.1 Å². The number of para-hydroxylation sites is 1. The van der Waals surface area contributed by atoms with Gasteiger partial charge in [0.1, 0.15) is 11.6 Å². The molecule has 2 fully saturated rings. The van der Waals surface area contributed by atoms with Crippen molar-refractivity contribution in [1.82, 2.24) is 30.0 Å². The number of alkyl halides is 3. The van der Waals surface area contributed by atoms with Gasteiger partial charge in [-0.05, 0) is 134 Å². The largest absolute Gasteiger partial charge is 0.493 e. The molecule has 0 spiro atoms.